The third-order valence-electron chi connectivity index (χ3n) is 2.64. The largest absolute Gasteiger partial charge is 0.455 e. The second-order valence-electron chi connectivity index (χ2n) is 4.48. The fraction of sp³-hybridized carbons (Fsp3) is 0.143. The summed E-state index contributed by atoms with van der Waals surface area (Å²) in [6, 6.07) is 6.18. The molecule has 5 nitrogen and oxygen atoms in total. The quantitative estimate of drug-likeness (QED) is 0.877. The van der Waals surface area contributed by atoms with Crippen molar-refractivity contribution in [1.29, 1.82) is 0 Å². The third-order valence-corrected chi connectivity index (χ3v) is 3.36. The zero-order chi connectivity index (χ0) is 15.6. The predicted molar refractivity (Wildman–Crippen MR) is 83.2 cm³/mol. The standard InChI is InChI=1S/C14H13Cl2N3O2/c1-19(2)14(20)12-5-8(3-4-18-12)21-13-7-10(16)9(15)6-11(13)17/h3-7H,17H2,1-2H3. The minimum Gasteiger partial charge on any atom is -0.455 e. The van der Waals surface area contributed by atoms with Gasteiger partial charge >= 0.3 is 0 Å². The second kappa shape index (κ2) is 6.20. The molecule has 0 saturated heterocycles. The molecule has 0 bridgehead atoms. The lowest BCUT2D eigenvalue weighted by Gasteiger charge is -2.12. The van der Waals surface area contributed by atoms with Crippen LogP contribution in [0.15, 0.2) is 30.5 Å². The first-order valence-corrected chi connectivity index (χ1v) is 6.74. The maximum atomic E-state index is 11.9. The van der Waals surface area contributed by atoms with Crippen molar-refractivity contribution in [3.8, 4) is 11.5 Å². The van der Waals surface area contributed by atoms with E-state index in [1.54, 1.807) is 20.2 Å². The normalized spacial score (nSPS) is 10.3. The molecule has 0 aliphatic carbocycles. The van der Waals surface area contributed by atoms with Crippen molar-refractivity contribution in [3.05, 3.63) is 46.2 Å². The van der Waals surface area contributed by atoms with Crippen LogP contribution in [0.5, 0.6) is 11.5 Å². The molecular formula is C14H13Cl2N3O2. The number of pyridine rings is 1. The van der Waals surface area contributed by atoms with Crippen LogP contribution in [-0.2, 0) is 0 Å². The van der Waals surface area contributed by atoms with Crippen molar-refractivity contribution < 1.29 is 9.53 Å². The van der Waals surface area contributed by atoms with E-state index in [-0.39, 0.29) is 11.6 Å². The molecule has 110 valence electrons. The number of anilines is 1. The van der Waals surface area contributed by atoms with Gasteiger partial charge in [-0.1, -0.05) is 23.2 Å². The lowest BCUT2D eigenvalue weighted by molar-refractivity contribution is 0.0821. The first-order chi connectivity index (χ1) is 9.88. The van der Waals surface area contributed by atoms with Gasteiger partial charge in [0.05, 0.1) is 15.7 Å². The lowest BCUT2D eigenvalue weighted by Crippen LogP contribution is -2.22. The summed E-state index contributed by atoms with van der Waals surface area (Å²) < 4.78 is 5.64. The van der Waals surface area contributed by atoms with Crippen molar-refractivity contribution in [2.75, 3.05) is 19.8 Å². The van der Waals surface area contributed by atoms with Crippen LogP contribution in [0.1, 0.15) is 10.5 Å². The molecular weight excluding hydrogens is 313 g/mol. The molecule has 2 N–H and O–H groups in total. The highest BCUT2D eigenvalue weighted by atomic mass is 35.5. The van der Waals surface area contributed by atoms with E-state index in [9.17, 15) is 4.79 Å². The Morgan fingerprint density at radius 3 is 2.57 bits per heavy atom. The molecule has 0 atom stereocenters. The average Bonchev–Trinajstić information content (AvgIpc) is 2.44. The summed E-state index contributed by atoms with van der Waals surface area (Å²) in [5, 5.41) is 0.680. The SMILES string of the molecule is CN(C)C(=O)c1cc(Oc2cc(Cl)c(Cl)cc2N)ccn1. The summed E-state index contributed by atoms with van der Waals surface area (Å²) in [6.07, 6.45) is 1.49. The van der Waals surface area contributed by atoms with Gasteiger partial charge in [-0.3, -0.25) is 9.78 Å². The maximum Gasteiger partial charge on any atom is 0.272 e. The number of rotatable bonds is 3. The van der Waals surface area contributed by atoms with Crippen LogP contribution in [0, 0.1) is 0 Å². The number of nitrogen functional groups attached to an aromatic ring is 1. The third kappa shape index (κ3) is 3.56. The molecule has 0 radical (unpaired) electrons. The Morgan fingerprint density at radius 1 is 1.24 bits per heavy atom. The highest BCUT2D eigenvalue weighted by molar-refractivity contribution is 6.42. The predicted octanol–water partition coefficient (Wildman–Crippen LogP) is 3.46. The van der Waals surface area contributed by atoms with E-state index in [0.717, 1.165) is 0 Å². The van der Waals surface area contributed by atoms with E-state index >= 15 is 0 Å². The smallest absolute Gasteiger partial charge is 0.272 e. The lowest BCUT2D eigenvalue weighted by atomic mass is 10.3. The molecule has 2 rings (SSSR count). The van der Waals surface area contributed by atoms with E-state index in [2.05, 4.69) is 4.98 Å². The molecule has 1 heterocycles. The summed E-state index contributed by atoms with van der Waals surface area (Å²) in [7, 11) is 3.29. The summed E-state index contributed by atoms with van der Waals surface area (Å²) in [4.78, 5) is 17.3. The summed E-state index contributed by atoms with van der Waals surface area (Å²) >= 11 is 11.8. The second-order valence-corrected chi connectivity index (χ2v) is 5.30. The van der Waals surface area contributed by atoms with Gasteiger partial charge in [-0.25, -0.2) is 0 Å². The molecule has 1 amide bonds. The van der Waals surface area contributed by atoms with Crippen LogP contribution in [0.4, 0.5) is 5.69 Å². The highest BCUT2D eigenvalue weighted by Crippen LogP contribution is 2.35. The van der Waals surface area contributed by atoms with Gasteiger partial charge in [0.2, 0.25) is 0 Å². The average molecular weight is 326 g/mol. The zero-order valence-corrected chi connectivity index (χ0v) is 12.9. The van der Waals surface area contributed by atoms with Gasteiger partial charge in [0.1, 0.15) is 11.4 Å². The summed E-state index contributed by atoms with van der Waals surface area (Å²) in [5.74, 6) is 0.571. The molecule has 0 fully saturated rings. The van der Waals surface area contributed by atoms with Gasteiger partial charge in [-0.2, -0.15) is 0 Å². The highest BCUT2D eigenvalue weighted by Gasteiger charge is 2.12. The van der Waals surface area contributed by atoms with E-state index < -0.39 is 0 Å². The summed E-state index contributed by atoms with van der Waals surface area (Å²) in [5.41, 5.74) is 6.45. The topological polar surface area (TPSA) is 68.5 Å². The van der Waals surface area contributed by atoms with E-state index in [0.29, 0.717) is 27.2 Å². The number of carbonyl (C=O) groups excluding carboxylic acids is 1. The number of ether oxygens (including phenoxy) is 1. The Morgan fingerprint density at radius 2 is 1.90 bits per heavy atom. The van der Waals surface area contributed by atoms with Gasteiger partial charge in [0.25, 0.3) is 5.91 Å². The fourth-order valence-corrected chi connectivity index (χ4v) is 1.91. The first-order valence-electron chi connectivity index (χ1n) is 5.98. The van der Waals surface area contributed by atoms with Crippen molar-refractivity contribution >= 4 is 34.8 Å². The van der Waals surface area contributed by atoms with Crippen molar-refractivity contribution in [1.82, 2.24) is 9.88 Å². The van der Waals surface area contributed by atoms with Gasteiger partial charge in [-0.05, 0) is 12.1 Å². The minimum atomic E-state index is -0.220. The number of benzene rings is 1. The Balaban J connectivity index is 2.30. The van der Waals surface area contributed by atoms with E-state index in [4.69, 9.17) is 33.7 Å². The molecule has 2 aromatic rings. The van der Waals surface area contributed by atoms with Gasteiger partial charge in [-0.15, -0.1) is 0 Å². The van der Waals surface area contributed by atoms with Crippen molar-refractivity contribution in [2.45, 2.75) is 0 Å². The molecule has 0 aliphatic heterocycles. The number of hydrogen-bond donors (Lipinski definition) is 1. The fourth-order valence-electron chi connectivity index (χ4n) is 1.58. The van der Waals surface area contributed by atoms with E-state index in [1.807, 2.05) is 0 Å². The van der Waals surface area contributed by atoms with Crippen LogP contribution >= 0.6 is 23.2 Å². The number of carbonyl (C=O) groups is 1. The Labute approximate surface area is 132 Å². The van der Waals surface area contributed by atoms with Crippen LogP contribution in [-0.4, -0.2) is 29.9 Å². The van der Waals surface area contributed by atoms with Gasteiger partial charge in [0.15, 0.2) is 5.75 Å². The van der Waals surface area contributed by atoms with Crippen LogP contribution in [0.3, 0.4) is 0 Å². The summed E-state index contributed by atoms with van der Waals surface area (Å²) in [6.45, 7) is 0. The monoisotopic (exact) mass is 325 g/mol. The number of nitrogens with zero attached hydrogens (tertiary/aromatic N) is 2. The van der Waals surface area contributed by atoms with Crippen LogP contribution < -0.4 is 10.5 Å². The number of aromatic nitrogens is 1. The number of halogens is 2. The zero-order valence-electron chi connectivity index (χ0n) is 11.4. The van der Waals surface area contributed by atoms with Crippen LogP contribution in [0.25, 0.3) is 0 Å². The first kappa shape index (κ1) is 15.4. The Kier molecular flexibility index (Phi) is 4.55. The number of hydrogen-bond acceptors (Lipinski definition) is 4. The van der Waals surface area contributed by atoms with Gasteiger partial charge in [0, 0.05) is 32.4 Å². The molecule has 0 saturated carbocycles. The molecule has 0 unspecified atom stereocenters. The molecule has 7 heteroatoms. The van der Waals surface area contributed by atoms with Crippen LogP contribution in [0.2, 0.25) is 10.0 Å². The Hall–Kier alpha value is -1.98. The van der Waals surface area contributed by atoms with Crippen molar-refractivity contribution in [3.63, 3.8) is 0 Å². The van der Waals surface area contributed by atoms with Gasteiger partial charge < -0.3 is 15.4 Å². The molecule has 0 aliphatic rings. The number of nitrogens with two attached hydrogens (primary N) is 1. The Bertz CT molecular complexity index is 690. The number of amides is 1. The molecule has 1 aromatic heterocycles. The molecule has 1 aromatic carbocycles. The molecule has 0 spiro atoms. The molecule has 21 heavy (non-hydrogen) atoms. The van der Waals surface area contributed by atoms with E-state index in [1.165, 1.54) is 29.3 Å². The minimum absolute atomic E-state index is 0.220. The maximum absolute atomic E-state index is 11.9. The van der Waals surface area contributed by atoms with Crippen molar-refractivity contribution in [2.24, 2.45) is 0 Å².